The van der Waals surface area contributed by atoms with Gasteiger partial charge in [0, 0.05) is 16.7 Å². The van der Waals surface area contributed by atoms with Gasteiger partial charge in [0.05, 0.1) is 14.2 Å². The van der Waals surface area contributed by atoms with Gasteiger partial charge >= 0.3 is 0 Å². The van der Waals surface area contributed by atoms with Gasteiger partial charge in [-0.3, -0.25) is 0 Å². The van der Waals surface area contributed by atoms with Crippen LogP contribution in [0.3, 0.4) is 0 Å². The number of methoxy groups -OCH3 is 2. The second-order valence-electron chi connectivity index (χ2n) is 5.07. The third-order valence-electron chi connectivity index (χ3n) is 3.48. The van der Waals surface area contributed by atoms with Crippen LogP contribution in [-0.4, -0.2) is 14.2 Å². The zero-order valence-corrected chi connectivity index (χ0v) is 11.0. The quantitative estimate of drug-likeness (QED) is 0.872. The Hall–Kier alpha value is -1.22. The second-order valence-corrected chi connectivity index (χ2v) is 5.07. The minimum atomic E-state index is -0.179. The van der Waals surface area contributed by atoms with Gasteiger partial charge in [0.2, 0.25) is 0 Å². The summed E-state index contributed by atoms with van der Waals surface area (Å²) in [5.41, 5.74) is 8.34. The van der Waals surface area contributed by atoms with Gasteiger partial charge in [-0.15, -0.1) is 0 Å². The van der Waals surface area contributed by atoms with E-state index in [1.54, 1.807) is 14.2 Å². The van der Waals surface area contributed by atoms with Crippen LogP contribution in [0.5, 0.6) is 11.5 Å². The average Bonchev–Trinajstić information content (AvgIpc) is 3.06. The summed E-state index contributed by atoms with van der Waals surface area (Å²) >= 11 is 0. The molecular formula is C14H21NO2. The van der Waals surface area contributed by atoms with Crippen molar-refractivity contribution in [2.24, 2.45) is 5.73 Å². The zero-order valence-electron chi connectivity index (χ0n) is 11.0. The van der Waals surface area contributed by atoms with Crippen LogP contribution in [0.15, 0.2) is 12.1 Å². The topological polar surface area (TPSA) is 44.5 Å². The molecule has 17 heavy (non-hydrogen) atoms. The Kier molecular flexibility index (Phi) is 3.04. The van der Waals surface area contributed by atoms with E-state index in [0.717, 1.165) is 35.5 Å². The third-order valence-corrected chi connectivity index (χ3v) is 3.48. The number of rotatable bonds is 4. The van der Waals surface area contributed by atoms with E-state index < -0.39 is 0 Å². The van der Waals surface area contributed by atoms with Crippen molar-refractivity contribution < 1.29 is 9.47 Å². The van der Waals surface area contributed by atoms with E-state index in [-0.39, 0.29) is 5.54 Å². The smallest absolute Gasteiger partial charge is 0.131 e. The first kappa shape index (κ1) is 12.2. The van der Waals surface area contributed by atoms with Crippen LogP contribution in [0.1, 0.15) is 43.7 Å². The van der Waals surface area contributed by atoms with Crippen molar-refractivity contribution in [1.29, 1.82) is 0 Å². The minimum Gasteiger partial charge on any atom is -0.496 e. The molecule has 3 nitrogen and oxygen atoms in total. The second kappa shape index (κ2) is 4.22. The van der Waals surface area contributed by atoms with Gasteiger partial charge in [-0.25, -0.2) is 0 Å². The molecule has 1 aromatic rings. The lowest BCUT2D eigenvalue weighted by Gasteiger charge is -2.22. The Morgan fingerprint density at radius 1 is 1.18 bits per heavy atom. The highest BCUT2D eigenvalue weighted by Gasteiger charge is 2.43. The molecule has 0 aromatic heterocycles. The molecule has 1 aromatic carbocycles. The molecular weight excluding hydrogens is 214 g/mol. The molecule has 0 saturated heterocycles. The Labute approximate surface area is 103 Å². The maximum Gasteiger partial charge on any atom is 0.131 e. The normalized spacial score (nSPS) is 17.1. The average molecular weight is 235 g/mol. The maximum atomic E-state index is 6.28. The van der Waals surface area contributed by atoms with Crippen LogP contribution in [0.25, 0.3) is 0 Å². The van der Waals surface area contributed by atoms with Gasteiger partial charge in [-0.2, -0.15) is 0 Å². The molecule has 0 spiro atoms. The summed E-state index contributed by atoms with van der Waals surface area (Å²) in [5, 5.41) is 0. The van der Waals surface area contributed by atoms with Crippen LogP contribution in [0, 0.1) is 0 Å². The summed E-state index contributed by atoms with van der Waals surface area (Å²) < 4.78 is 11.0. The fraction of sp³-hybridized carbons (Fsp3) is 0.571. The molecule has 1 aliphatic carbocycles. The zero-order chi connectivity index (χ0) is 12.6. The van der Waals surface area contributed by atoms with E-state index in [0.29, 0.717) is 5.92 Å². The summed E-state index contributed by atoms with van der Waals surface area (Å²) in [6.45, 7) is 4.28. The first-order valence-electron chi connectivity index (χ1n) is 6.07. The van der Waals surface area contributed by atoms with Gasteiger partial charge in [-0.05, 0) is 30.9 Å². The van der Waals surface area contributed by atoms with E-state index in [4.69, 9.17) is 15.2 Å². The van der Waals surface area contributed by atoms with E-state index in [1.165, 1.54) is 0 Å². The van der Waals surface area contributed by atoms with Crippen molar-refractivity contribution in [1.82, 2.24) is 0 Å². The summed E-state index contributed by atoms with van der Waals surface area (Å²) in [6.07, 6.45) is 2.07. The molecule has 0 radical (unpaired) electrons. The van der Waals surface area contributed by atoms with Crippen molar-refractivity contribution >= 4 is 0 Å². The van der Waals surface area contributed by atoms with Crippen LogP contribution in [0.2, 0.25) is 0 Å². The van der Waals surface area contributed by atoms with Crippen molar-refractivity contribution in [3.8, 4) is 11.5 Å². The van der Waals surface area contributed by atoms with Crippen molar-refractivity contribution in [2.45, 2.75) is 38.1 Å². The molecule has 94 valence electrons. The number of nitrogens with two attached hydrogens (primary N) is 1. The van der Waals surface area contributed by atoms with Crippen molar-refractivity contribution in [3.05, 3.63) is 23.3 Å². The lowest BCUT2D eigenvalue weighted by Crippen LogP contribution is -2.20. The molecule has 2 rings (SSSR count). The minimum absolute atomic E-state index is 0.179. The summed E-state index contributed by atoms with van der Waals surface area (Å²) in [7, 11) is 3.39. The van der Waals surface area contributed by atoms with Crippen LogP contribution >= 0.6 is 0 Å². The lowest BCUT2D eigenvalue weighted by atomic mass is 9.94. The Bertz CT molecular complexity index is 422. The van der Waals surface area contributed by atoms with Crippen LogP contribution in [-0.2, 0) is 5.54 Å². The van der Waals surface area contributed by atoms with Gasteiger partial charge < -0.3 is 15.2 Å². The molecule has 0 bridgehead atoms. The molecule has 0 heterocycles. The number of ether oxygens (including phenoxy) is 2. The van der Waals surface area contributed by atoms with Crippen molar-refractivity contribution in [3.63, 3.8) is 0 Å². The molecule has 0 atom stereocenters. The Morgan fingerprint density at radius 2 is 1.82 bits per heavy atom. The SMILES string of the molecule is COc1ccc(C2(N)CC2)c(OC)c1C(C)C. The lowest BCUT2D eigenvalue weighted by molar-refractivity contribution is 0.375. The predicted molar refractivity (Wildman–Crippen MR) is 68.7 cm³/mol. The molecule has 3 heteroatoms. The van der Waals surface area contributed by atoms with Gasteiger partial charge in [0.1, 0.15) is 11.5 Å². The number of benzene rings is 1. The van der Waals surface area contributed by atoms with E-state index in [1.807, 2.05) is 12.1 Å². The van der Waals surface area contributed by atoms with Crippen LogP contribution < -0.4 is 15.2 Å². The highest BCUT2D eigenvalue weighted by molar-refractivity contribution is 5.55. The first-order valence-corrected chi connectivity index (χ1v) is 6.07. The van der Waals surface area contributed by atoms with Gasteiger partial charge in [-0.1, -0.05) is 13.8 Å². The first-order chi connectivity index (χ1) is 8.03. The monoisotopic (exact) mass is 235 g/mol. The third kappa shape index (κ3) is 2.00. The molecule has 2 N–H and O–H groups in total. The standard InChI is InChI=1S/C14H21NO2/c1-9(2)12-11(16-3)6-5-10(13(12)17-4)14(15)7-8-14/h5-6,9H,7-8,15H2,1-4H3. The Balaban J connectivity index is 2.59. The highest BCUT2D eigenvalue weighted by Crippen LogP contribution is 2.50. The molecule has 0 amide bonds. The summed E-state index contributed by atoms with van der Waals surface area (Å²) in [6, 6.07) is 4.04. The predicted octanol–water partition coefficient (Wildman–Crippen LogP) is 2.78. The van der Waals surface area contributed by atoms with Crippen LogP contribution in [0.4, 0.5) is 0 Å². The largest absolute Gasteiger partial charge is 0.496 e. The van der Waals surface area contributed by atoms with E-state index in [2.05, 4.69) is 13.8 Å². The molecule has 0 unspecified atom stereocenters. The Morgan fingerprint density at radius 3 is 2.24 bits per heavy atom. The van der Waals surface area contributed by atoms with E-state index in [9.17, 15) is 0 Å². The van der Waals surface area contributed by atoms with E-state index >= 15 is 0 Å². The molecule has 1 fully saturated rings. The van der Waals surface area contributed by atoms with Crippen molar-refractivity contribution in [2.75, 3.05) is 14.2 Å². The molecule has 0 aliphatic heterocycles. The molecule has 1 aliphatic rings. The molecule has 1 saturated carbocycles. The van der Waals surface area contributed by atoms with Gasteiger partial charge in [0.15, 0.2) is 0 Å². The number of hydrogen-bond donors (Lipinski definition) is 1. The number of hydrogen-bond acceptors (Lipinski definition) is 3. The maximum absolute atomic E-state index is 6.28. The fourth-order valence-electron chi connectivity index (χ4n) is 2.32. The highest BCUT2D eigenvalue weighted by atomic mass is 16.5. The summed E-state index contributed by atoms with van der Waals surface area (Å²) in [5.74, 6) is 2.13. The summed E-state index contributed by atoms with van der Waals surface area (Å²) in [4.78, 5) is 0. The fourth-order valence-corrected chi connectivity index (χ4v) is 2.32. The van der Waals surface area contributed by atoms with Gasteiger partial charge in [0.25, 0.3) is 0 Å².